The van der Waals surface area contributed by atoms with Gasteiger partial charge >= 0.3 is 0 Å². The van der Waals surface area contributed by atoms with E-state index in [1.165, 1.54) is 42.5 Å². The number of ether oxygens (including phenoxy) is 1. The quantitative estimate of drug-likeness (QED) is 0.556. The number of nitrogens with one attached hydrogen (secondary N) is 2. The van der Waals surface area contributed by atoms with Crippen LogP contribution < -0.4 is 14.8 Å². The third-order valence-electron chi connectivity index (χ3n) is 4.24. The average Bonchev–Trinajstić information content (AvgIpc) is 2.74. The topological polar surface area (TPSA) is 84.5 Å². The summed E-state index contributed by atoms with van der Waals surface area (Å²) in [5.74, 6) is -0.435. The SMILES string of the molecule is CC[C@H](Oc1ccccc1)C(=O)Nc1ccc(S(=O)(=O)Nc2ccccc2F)cc1. The summed E-state index contributed by atoms with van der Waals surface area (Å²) in [6, 6.07) is 20.1. The van der Waals surface area contributed by atoms with Gasteiger partial charge in [-0.15, -0.1) is 0 Å². The maximum Gasteiger partial charge on any atom is 0.265 e. The second-order valence-electron chi connectivity index (χ2n) is 6.43. The van der Waals surface area contributed by atoms with Gasteiger partial charge in [-0.25, -0.2) is 12.8 Å². The molecule has 0 heterocycles. The summed E-state index contributed by atoms with van der Waals surface area (Å²) in [7, 11) is -3.97. The number of amides is 1. The summed E-state index contributed by atoms with van der Waals surface area (Å²) in [4.78, 5) is 12.4. The van der Waals surface area contributed by atoms with Gasteiger partial charge in [-0.3, -0.25) is 9.52 Å². The first-order chi connectivity index (χ1) is 14.4. The van der Waals surface area contributed by atoms with Crippen molar-refractivity contribution < 1.29 is 22.3 Å². The molecule has 0 saturated carbocycles. The fourth-order valence-corrected chi connectivity index (χ4v) is 3.74. The van der Waals surface area contributed by atoms with Crippen molar-refractivity contribution in [2.24, 2.45) is 0 Å². The Balaban J connectivity index is 1.67. The first-order valence-electron chi connectivity index (χ1n) is 9.29. The van der Waals surface area contributed by atoms with E-state index in [1.54, 1.807) is 12.1 Å². The van der Waals surface area contributed by atoms with Crippen LogP contribution in [0, 0.1) is 5.82 Å². The molecule has 1 atom stereocenters. The molecule has 156 valence electrons. The molecule has 0 bridgehead atoms. The van der Waals surface area contributed by atoms with Crippen molar-refractivity contribution in [3.8, 4) is 5.75 Å². The zero-order chi connectivity index (χ0) is 21.6. The number of rotatable bonds is 8. The Kier molecular flexibility index (Phi) is 6.68. The fourth-order valence-electron chi connectivity index (χ4n) is 2.67. The lowest BCUT2D eigenvalue weighted by molar-refractivity contribution is -0.122. The highest BCUT2D eigenvalue weighted by Crippen LogP contribution is 2.21. The number of carbonyl (C=O) groups excluding carboxylic acids is 1. The van der Waals surface area contributed by atoms with Crippen LogP contribution in [0.25, 0.3) is 0 Å². The Morgan fingerprint density at radius 2 is 1.60 bits per heavy atom. The number of benzene rings is 3. The summed E-state index contributed by atoms with van der Waals surface area (Å²) in [5, 5.41) is 2.71. The lowest BCUT2D eigenvalue weighted by Crippen LogP contribution is -2.32. The van der Waals surface area contributed by atoms with E-state index in [0.29, 0.717) is 17.9 Å². The van der Waals surface area contributed by atoms with Crippen molar-refractivity contribution in [3.05, 3.63) is 84.7 Å². The Hall–Kier alpha value is -3.39. The summed E-state index contributed by atoms with van der Waals surface area (Å²) in [6.45, 7) is 1.83. The van der Waals surface area contributed by atoms with E-state index < -0.39 is 21.9 Å². The van der Waals surface area contributed by atoms with Crippen LogP contribution in [-0.4, -0.2) is 20.4 Å². The minimum absolute atomic E-state index is 0.0590. The maximum atomic E-state index is 13.7. The van der Waals surface area contributed by atoms with Crippen LogP contribution in [0.3, 0.4) is 0 Å². The summed E-state index contributed by atoms with van der Waals surface area (Å²) < 4.78 is 46.5. The molecular formula is C22H21FN2O4S. The predicted molar refractivity (Wildman–Crippen MR) is 113 cm³/mol. The molecule has 3 rings (SSSR count). The molecular weight excluding hydrogens is 407 g/mol. The fraction of sp³-hybridized carbons (Fsp3) is 0.136. The number of halogens is 1. The molecule has 0 aromatic heterocycles. The minimum Gasteiger partial charge on any atom is -0.481 e. The second-order valence-corrected chi connectivity index (χ2v) is 8.11. The highest BCUT2D eigenvalue weighted by molar-refractivity contribution is 7.92. The Labute approximate surface area is 174 Å². The van der Waals surface area contributed by atoms with Crippen molar-refractivity contribution in [1.29, 1.82) is 0 Å². The van der Waals surface area contributed by atoms with Gasteiger partial charge in [-0.1, -0.05) is 37.3 Å². The van der Waals surface area contributed by atoms with Gasteiger partial charge in [0.25, 0.3) is 15.9 Å². The third-order valence-corrected chi connectivity index (χ3v) is 5.62. The molecule has 0 radical (unpaired) electrons. The minimum atomic E-state index is -3.97. The van der Waals surface area contributed by atoms with E-state index in [0.717, 1.165) is 6.07 Å². The second kappa shape index (κ2) is 9.41. The lowest BCUT2D eigenvalue weighted by Gasteiger charge is -2.17. The molecule has 2 N–H and O–H groups in total. The van der Waals surface area contributed by atoms with Crippen LogP contribution in [0.2, 0.25) is 0 Å². The van der Waals surface area contributed by atoms with E-state index in [2.05, 4.69) is 10.0 Å². The van der Waals surface area contributed by atoms with Gasteiger partial charge in [0.2, 0.25) is 0 Å². The Morgan fingerprint density at radius 3 is 2.23 bits per heavy atom. The molecule has 0 aliphatic rings. The molecule has 8 heteroatoms. The van der Waals surface area contributed by atoms with Crippen LogP contribution in [0.15, 0.2) is 83.8 Å². The number of anilines is 2. The van der Waals surface area contributed by atoms with Gasteiger partial charge in [0.05, 0.1) is 10.6 Å². The van der Waals surface area contributed by atoms with E-state index >= 15 is 0 Å². The van der Waals surface area contributed by atoms with Crippen LogP contribution in [0.1, 0.15) is 13.3 Å². The molecule has 3 aromatic rings. The van der Waals surface area contributed by atoms with E-state index in [4.69, 9.17) is 4.74 Å². The first kappa shape index (κ1) is 21.3. The van der Waals surface area contributed by atoms with Crippen LogP contribution >= 0.6 is 0 Å². The van der Waals surface area contributed by atoms with Crippen molar-refractivity contribution in [1.82, 2.24) is 0 Å². The number of hydrogen-bond donors (Lipinski definition) is 2. The van der Waals surface area contributed by atoms with Gasteiger partial charge in [0.15, 0.2) is 6.10 Å². The Morgan fingerprint density at radius 1 is 0.967 bits per heavy atom. The van der Waals surface area contributed by atoms with E-state index in [-0.39, 0.29) is 16.5 Å². The predicted octanol–water partition coefficient (Wildman–Crippen LogP) is 4.42. The molecule has 0 unspecified atom stereocenters. The molecule has 0 aliphatic carbocycles. The number of para-hydroxylation sites is 2. The number of sulfonamides is 1. The first-order valence-corrected chi connectivity index (χ1v) is 10.8. The van der Waals surface area contributed by atoms with Crippen molar-refractivity contribution in [3.63, 3.8) is 0 Å². The van der Waals surface area contributed by atoms with Gasteiger partial charge in [-0.05, 0) is 55.0 Å². The van der Waals surface area contributed by atoms with Crippen molar-refractivity contribution in [2.75, 3.05) is 10.0 Å². The number of hydrogen-bond acceptors (Lipinski definition) is 4. The van der Waals surface area contributed by atoms with Gasteiger partial charge in [0.1, 0.15) is 11.6 Å². The molecule has 0 fully saturated rings. The van der Waals surface area contributed by atoms with Gasteiger partial charge < -0.3 is 10.1 Å². The van der Waals surface area contributed by atoms with E-state index in [9.17, 15) is 17.6 Å². The van der Waals surface area contributed by atoms with E-state index in [1.807, 2.05) is 25.1 Å². The van der Waals surface area contributed by atoms with Gasteiger partial charge in [-0.2, -0.15) is 0 Å². The van der Waals surface area contributed by atoms with Gasteiger partial charge in [0, 0.05) is 5.69 Å². The molecule has 3 aromatic carbocycles. The molecule has 30 heavy (non-hydrogen) atoms. The third kappa shape index (κ3) is 5.36. The Bertz CT molecular complexity index is 1100. The smallest absolute Gasteiger partial charge is 0.265 e. The zero-order valence-corrected chi connectivity index (χ0v) is 17.0. The highest BCUT2D eigenvalue weighted by Gasteiger charge is 2.20. The average molecular weight is 428 g/mol. The zero-order valence-electron chi connectivity index (χ0n) is 16.2. The molecule has 0 saturated heterocycles. The normalized spacial score (nSPS) is 12.1. The monoisotopic (exact) mass is 428 g/mol. The summed E-state index contributed by atoms with van der Waals surface area (Å²) >= 11 is 0. The van der Waals surface area contributed by atoms with Crippen LogP contribution in [0.4, 0.5) is 15.8 Å². The van der Waals surface area contributed by atoms with Crippen LogP contribution in [0.5, 0.6) is 5.75 Å². The molecule has 0 aliphatic heterocycles. The molecule has 6 nitrogen and oxygen atoms in total. The molecule has 0 spiro atoms. The van der Waals surface area contributed by atoms with Crippen molar-refractivity contribution >= 4 is 27.3 Å². The highest BCUT2D eigenvalue weighted by atomic mass is 32.2. The maximum absolute atomic E-state index is 13.7. The van der Waals surface area contributed by atoms with Crippen molar-refractivity contribution in [2.45, 2.75) is 24.3 Å². The summed E-state index contributed by atoms with van der Waals surface area (Å²) in [6.07, 6.45) is -0.238. The standard InChI is InChI=1S/C22H21FN2O4S/c1-2-21(29-17-8-4-3-5-9-17)22(26)24-16-12-14-18(15-13-16)30(27,28)25-20-11-7-6-10-19(20)23/h3-15,21,25H,2H2,1H3,(H,24,26)/t21-/m0/s1. The number of carbonyl (C=O) groups is 1. The molecule has 1 amide bonds. The summed E-state index contributed by atoms with van der Waals surface area (Å²) in [5.41, 5.74) is 0.277. The van der Waals surface area contributed by atoms with Crippen LogP contribution in [-0.2, 0) is 14.8 Å². The lowest BCUT2D eigenvalue weighted by atomic mass is 10.2. The largest absolute Gasteiger partial charge is 0.481 e.